The second-order valence-corrected chi connectivity index (χ2v) is 24.8. The van der Waals surface area contributed by atoms with Crippen molar-refractivity contribution < 1.29 is 0 Å². The first-order valence-electron chi connectivity index (χ1n) is 31.8. The third-order valence-electron chi connectivity index (χ3n) is 20.1. The lowest BCUT2D eigenvalue weighted by Gasteiger charge is -2.35. The Hall–Kier alpha value is -6.44. The van der Waals surface area contributed by atoms with Crippen LogP contribution in [0.5, 0.6) is 0 Å². The van der Waals surface area contributed by atoms with Crippen LogP contribution in [0.1, 0.15) is 204 Å². The Bertz CT molecular complexity index is 3290. The van der Waals surface area contributed by atoms with Crippen molar-refractivity contribution in [3.8, 4) is 55.6 Å². The van der Waals surface area contributed by atoms with Crippen LogP contribution in [0, 0.1) is 0 Å². The van der Waals surface area contributed by atoms with E-state index in [0.29, 0.717) is 0 Å². The molecule has 0 spiro atoms. The molecule has 8 aromatic carbocycles. The van der Waals surface area contributed by atoms with E-state index in [1.165, 1.54) is 181 Å². The van der Waals surface area contributed by atoms with Gasteiger partial charge in [-0.2, -0.15) is 0 Å². The van der Waals surface area contributed by atoms with Crippen molar-refractivity contribution in [2.75, 3.05) is 4.90 Å². The predicted octanol–water partition coefficient (Wildman–Crippen LogP) is 23.8. The van der Waals surface area contributed by atoms with Crippen LogP contribution in [0.2, 0.25) is 0 Å². The zero-order valence-electron chi connectivity index (χ0n) is 50.3. The summed E-state index contributed by atoms with van der Waals surface area (Å²) in [7, 11) is 0. The van der Waals surface area contributed by atoms with E-state index in [1.807, 2.05) is 0 Å². The molecule has 0 heterocycles. The number of anilines is 3. The summed E-state index contributed by atoms with van der Waals surface area (Å²) in [6, 6.07) is 68.5. The number of fused-ring (bicyclic) bond motifs is 4. The Morgan fingerprint density at radius 2 is 0.775 bits per heavy atom. The van der Waals surface area contributed by atoms with Gasteiger partial charge in [-0.25, -0.2) is 0 Å². The van der Waals surface area contributed by atoms with Gasteiger partial charge in [-0.1, -0.05) is 260 Å². The molecule has 0 saturated carbocycles. The zero-order valence-corrected chi connectivity index (χ0v) is 50.3. The molecule has 0 fully saturated rings. The van der Waals surface area contributed by atoms with E-state index in [1.54, 1.807) is 11.1 Å². The van der Waals surface area contributed by atoms with Gasteiger partial charge in [-0.15, -0.1) is 0 Å². The van der Waals surface area contributed by atoms with E-state index < -0.39 is 0 Å². The van der Waals surface area contributed by atoms with Crippen LogP contribution in [0.3, 0.4) is 0 Å². The highest BCUT2D eigenvalue weighted by molar-refractivity contribution is 5.86. The van der Waals surface area contributed by atoms with E-state index in [4.69, 9.17) is 0 Å². The maximum Gasteiger partial charge on any atom is 0.0462 e. The van der Waals surface area contributed by atoms with Crippen LogP contribution < -0.4 is 4.90 Å². The van der Waals surface area contributed by atoms with E-state index in [9.17, 15) is 0 Å². The lowest BCUT2D eigenvalue weighted by atomic mass is 9.68. The quantitative estimate of drug-likeness (QED) is 0.0464. The van der Waals surface area contributed by atoms with E-state index >= 15 is 0 Å². The molecule has 0 radical (unpaired) electrons. The van der Waals surface area contributed by atoms with Crippen LogP contribution >= 0.6 is 0 Å². The molecule has 1 nitrogen and oxygen atoms in total. The van der Waals surface area contributed by atoms with Crippen LogP contribution in [-0.4, -0.2) is 0 Å². The van der Waals surface area contributed by atoms with Crippen LogP contribution in [0.4, 0.5) is 17.1 Å². The van der Waals surface area contributed by atoms with Gasteiger partial charge in [-0.3, -0.25) is 0 Å². The maximum absolute atomic E-state index is 2.70. The molecule has 0 saturated heterocycles. The molecule has 414 valence electrons. The Morgan fingerprint density at radius 3 is 1.30 bits per heavy atom. The summed E-state index contributed by atoms with van der Waals surface area (Å²) in [6.45, 7) is 19.0. The molecule has 2 aliphatic carbocycles. The molecule has 0 amide bonds. The summed E-state index contributed by atoms with van der Waals surface area (Å²) in [5.41, 5.74) is 26.2. The highest BCUT2D eigenvalue weighted by Crippen LogP contribution is 2.56. The van der Waals surface area contributed by atoms with Crippen molar-refractivity contribution in [1.82, 2.24) is 0 Å². The summed E-state index contributed by atoms with van der Waals surface area (Å²) < 4.78 is 0. The number of rotatable bonds is 27. The first-order valence-corrected chi connectivity index (χ1v) is 31.8. The van der Waals surface area contributed by atoms with Gasteiger partial charge in [0, 0.05) is 22.5 Å². The molecule has 10 rings (SSSR count). The molecular weight excluding hydrogens is 963 g/mol. The number of aryl methyl sites for hydroxylation is 1. The van der Waals surface area contributed by atoms with Crippen molar-refractivity contribution >= 4 is 17.1 Å². The average Bonchev–Trinajstić information content (AvgIpc) is 3.40. The lowest BCUT2D eigenvalue weighted by Crippen LogP contribution is -2.27. The molecule has 80 heavy (non-hydrogen) atoms. The minimum absolute atomic E-state index is 0.0211. The Balaban J connectivity index is 0.983. The van der Waals surface area contributed by atoms with Crippen molar-refractivity contribution in [3.63, 3.8) is 0 Å². The summed E-state index contributed by atoms with van der Waals surface area (Å²) in [6.07, 6.45) is 25.3. The van der Waals surface area contributed by atoms with Gasteiger partial charge >= 0.3 is 0 Å². The molecule has 0 bridgehead atoms. The van der Waals surface area contributed by atoms with Crippen molar-refractivity contribution in [1.29, 1.82) is 0 Å². The monoisotopic (exact) mass is 1060 g/mol. The second kappa shape index (κ2) is 25.6. The first-order chi connectivity index (χ1) is 39.1. The van der Waals surface area contributed by atoms with Crippen LogP contribution in [0.25, 0.3) is 55.6 Å². The Morgan fingerprint density at radius 1 is 0.350 bits per heavy atom. The topological polar surface area (TPSA) is 3.24 Å². The predicted molar refractivity (Wildman–Crippen MR) is 348 cm³/mol. The molecule has 0 atom stereocenters. The molecule has 8 aromatic rings. The molecule has 0 aromatic heterocycles. The highest BCUT2D eigenvalue weighted by atomic mass is 15.1. The standard InChI is InChI=1S/C79H93N/c1-9-15-17-19-21-23-52-79(53-24-22-20-18-16-10-2)75-56-65(41-50-73(75)74-51-42-67(57-76(74)79)78(8,13-5)14-6)63-30-25-29-62(54-63)58-34-43-68(44-35-58)80(70-47-38-61(39-48-70)71-33-27-28-60-40-49-72(60)71)69-45-36-59(37-46-69)64-31-26-32-66(55-64)77(7,11-3)12-4/h25-39,41-48,50-51,54-57H,9-24,40,49,52-53H2,1-8H3. The molecular formula is C79H93N. The van der Waals surface area contributed by atoms with Gasteiger partial charge in [0.05, 0.1) is 0 Å². The lowest BCUT2D eigenvalue weighted by molar-refractivity contribution is 0.395. The summed E-state index contributed by atoms with van der Waals surface area (Å²) >= 11 is 0. The van der Waals surface area contributed by atoms with Gasteiger partial charge in [-0.05, 0) is 200 Å². The Kier molecular flexibility index (Phi) is 18.2. The third-order valence-corrected chi connectivity index (χ3v) is 20.1. The largest absolute Gasteiger partial charge is 0.311 e. The van der Waals surface area contributed by atoms with Gasteiger partial charge in [0.15, 0.2) is 0 Å². The third kappa shape index (κ3) is 11.7. The highest BCUT2D eigenvalue weighted by Gasteiger charge is 2.43. The molecule has 1 heteroatoms. The molecule has 0 aliphatic heterocycles. The van der Waals surface area contributed by atoms with Crippen LogP contribution in [0.15, 0.2) is 176 Å². The molecule has 0 unspecified atom stereocenters. The number of unbranched alkanes of at least 4 members (excludes halogenated alkanes) is 10. The van der Waals surface area contributed by atoms with E-state index in [-0.39, 0.29) is 16.2 Å². The smallest absolute Gasteiger partial charge is 0.0462 e. The van der Waals surface area contributed by atoms with Crippen molar-refractivity contribution in [2.24, 2.45) is 0 Å². The minimum Gasteiger partial charge on any atom is -0.311 e. The molecule has 2 aliphatic rings. The first kappa shape index (κ1) is 56.8. The van der Waals surface area contributed by atoms with Crippen molar-refractivity contribution in [2.45, 2.75) is 200 Å². The number of hydrogen-bond acceptors (Lipinski definition) is 1. The fraction of sp³-hybridized carbons (Fsp3) is 0.392. The summed E-state index contributed by atoms with van der Waals surface area (Å²) in [5, 5.41) is 0. The average molecular weight is 1060 g/mol. The zero-order chi connectivity index (χ0) is 55.7. The van der Waals surface area contributed by atoms with Gasteiger partial charge in [0.25, 0.3) is 0 Å². The van der Waals surface area contributed by atoms with Gasteiger partial charge in [0.1, 0.15) is 0 Å². The normalized spacial score (nSPS) is 13.4. The summed E-state index contributed by atoms with van der Waals surface area (Å²) in [4.78, 5) is 2.43. The second-order valence-electron chi connectivity index (χ2n) is 24.8. The number of hydrogen-bond donors (Lipinski definition) is 0. The van der Waals surface area contributed by atoms with E-state index in [0.717, 1.165) is 42.7 Å². The van der Waals surface area contributed by atoms with Crippen molar-refractivity contribution in [3.05, 3.63) is 209 Å². The maximum atomic E-state index is 2.70. The summed E-state index contributed by atoms with van der Waals surface area (Å²) in [5.74, 6) is 0. The van der Waals surface area contributed by atoms with Crippen LogP contribution in [-0.2, 0) is 29.1 Å². The van der Waals surface area contributed by atoms with Gasteiger partial charge in [0.2, 0.25) is 0 Å². The fourth-order valence-electron chi connectivity index (χ4n) is 13.8. The number of benzene rings is 8. The van der Waals surface area contributed by atoms with Gasteiger partial charge < -0.3 is 4.90 Å². The number of nitrogens with zero attached hydrogens (tertiary/aromatic N) is 1. The Labute approximate surface area is 484 Å². The van der Waals surface area contributed by atoms with E-state index in [2.05, 4.69) is 236 Å². The minimum atomic E-state index is 0.0211. The SMILES string of the molecule is CCCCCCCCC1(CCCCCCCC)c2cc(-c3cccc(-c4ccc(N(c5ccc(-c6cccc(C(C)(CC)CC)c6)cc5)c5ccc(-c6cccc7c6CC7)cc5)cc4)c3)ccc2-c2ccc(C(C)(CC)CC)cc21. The fourth-order valence-corrected chi connectivity index (χ4v) is 13.8. The molecule has 0 N–H and O–H groups in total.